The van der Waals surface area contributed by atoms with E-state index in [1.165, 1.54) is 6.33 Å². The lowest BCUT2D eigenvalue weighted by Gasteiger charge is -2.36. The molecule has 0 unspecified atom stereocenters. The molecule has 180 valence electrons. The fraction of sp³-hybridized carbons (Fsp3) is 0.296. The van der Waals surface area contributed by atoms with Crippen LogP contribution >= 0.6 is 0 Å². The first-order chi connectivity index (χ1) is 17.1. The van der Waals surface area contributed by atoms with Gasteiger partial charge in [-0.2, -0.15) is 0 Å². The largest absolute Gasteiger partial charge is 0.489 e. The standard InChI is InChI=1S/C27H30N6O2/c1-2-29-27(34)30-14-19-11-21(12-19)33-15-23(24-25(28)31-17-32-26(24)33)20-9-6-10-22(13-20)35-16-18-7-4-3-5-8-18/h3-10,13,15,17,19,21H,2,11-12,14,16H2,1H3,(H2,28,31,32)(H2,29,30,34). The van der Waals surface area contributed by atoms with Gasteiger partial charge in [0.15, 0.2) is 0 Å². The van der Waals surface area contributed by atoms with Crippen LogP contribution in [0.15, 0.2) is 67.1 Å². The van der Waals surface area contributed by atoms with Gasteiger partial charge in [-0.15, -0.1) is 0 Å². The van der Waals surface area contributed by atoms with Crippen molar-refractivity contribution in [3.8, 4) is 16.9 Å². The van der Waals surface area contributed by atoms with Crippen molar-refractivity contribution >= 4 is 22.9 Å². The Morgan fingerprint density at radius 1 is 1.11 bits per heavy atom. The molecule has 1 aliphatic rings. The van der Waals surface area contributed by atoms with Gasteiger partial charge in [-0.1, -0.05) is 42.5 Å². The van der Waals surface area contributed by atoms with Gasteiger partial charge in [0, 0.05) is 30.9 Å². The lowest BCUT2D eigenvalue weighted by atomic mass is 9.80. The zero-order valence-corrected chi connectivity index (χ0v) is 19.8. The first-order valence-corrected chi connectivity index (χ1v) is 12.0. The molecule has 4 N–H and O–H groups in total. The Bertz CT molecular complexity index is 1310. The number of nitrogen functional groups attached to an aromatic ring is 1. The van der Waals surface area contributed by atoms with E-state index in [2.05, 4.69) is 37.4 Å². The lowest BCUT2D eigenvalue weighted by Crippen LogP contribution is -2.41. The van der Waals surface area contributed by atoms with Gasteiger partial charge in [-0.3, -0.25) is 0 Å². The molecule has 1 fully saturated rings. The molecule has 0 radical (unpaired) electrons. The smallest absolute Gasteiger partial charge is 0.314 e. The van der Waals surface area contributed by atoms with Crippen molar-refractivity contribution in [2.24, 2.45) is 5.92 Å². The second kappa shape index (κ2) is 10.0. The second-order valence-electron chi connectivity index (χ2n) is 8.94. The van der Waals surface area contributed by atoms with Crippen molar-refractivity contribution in [3.63, 3.8) is 0 Å². The molecule has 0 saturated heterocycles. The van der Waals surface area contributed by atoms with E-state index in [4.69, 9.17) is 10.5 Å². The average molecular weight is 471 g/mol. The summed E-state index contributed by atoms with van der Waals surface area (Å²) in [4.78, 5) is 20.5. The Hall–Kier alpha value is -4.07. The number of nitrogens with zero attached hydrogens (tertiary/aromatic N) is 3. The van der Waals surface area contributed by atoms with Crippen molar-refractivity contribution in [1.82, 2.24) is 25.2 Å². The average Bonchev–Trinajstić information content (AvgIpc) is 3.23. The van der Waals surface area contributed by atoms with E-state index >= 15 is 0 Å². The fourth-order valence-electron chi connectivity index (χ4n) is 4.65. The Labute approximate surface area is 204 Å². The summed E-state index contributed by atoms with van der Waals surface area (Å²) in [5, 5.41) is 6.57. The number of amides is 2. The van der Waals surface area contributed by atoms with Crippen molar-refractivity contribution in [2.45, 2.75) is 32.4 Å². The number of ether oxygens (including phenoxy) is 1. The van der Waals surface area contributed by atoms with Gasteiger partial charge >= 0.3 is 6.03 Å². The zero-order valence-electron chi connectivity index (χ0n) is 19.8. The highest BCUT2D eigenvalue weighted by Crippen LogP contribution is 2.42. The second-order valence-corrected chi connectivity index (χ2v) is 8.94. The first kappa shape index (κ1) is 22.7. The van der Waals surface area contributed by atoms with Gasteiger partial charge in [0.05, 0.1) is 5.39 Å². The summed E-state index contributed by atoms with van der Waals surface area (Å²) in [5.41, 5.74) is 10.3. The Balaban J connectivity index is 1.36. The minimum Gasteiger partial charge on any atom is -0.489 e. The maximum atomic E-state index is 11.7. The van der Waals surface area contributed by atoms with Gasteiger partial charge in [0.2, 0.25) is 0 Å². The summed E-state index contributed by atoms with van der Waals surface area (Å²) in [6.45, 7) is 3.71. The fourth-order valence-corrected chi connectivity index (χ4v) is 4.65. The molecule has 1 saturated carbocycles. The molecule has 8 nitrogen and oxygen atoms in total. The van der Waals surface area contributed by atoms with Gasteiger partial charge < -0.3 is 25.7 Å². The van der Waals surface area contributed by atoms with Gasteiger partial charge in [0.1, 0.15) is 30.1 Å². The molecule has 2 aromatic heterocycles. The number of benzene rings is 2. The molecule has 0 aliphatic heterocycles. The SMILES string of the molecule is CCNC(=O)NCC1CC(n2cc(-c3cccc(OCc4ccccc4)c3)c3c(N)ncnc32)C1. The minimum absolute atomic E-state index is 0.112. The monoisotopic (exact) mass is 470 g/mol. The number of nitrogens with one attached hydrogen (secondary N) is 2. The van der Waals surface area contributed by atoms with Crippen LogP contribution in [-0.2, 0) is 6.61 Å². The molecule has 8 heteroatoms. The Kier molecular flexibility index (Phi) is 6.52. The van der Waals surface area contributed by atoms with Crippen LogP contribution in [0.2, 0.25) is 0 Å². The number of carbonyl (C=O) groups excluding carboxylic acids is 1. The van der Waals surface area contributed by atoms with E-state index < -0.39 is 0 Å². The van der Waals surface area contributed by atoms with Crippen LogP contribution in [0.1, 0.15) is 31.4 Å². The van der Waals surface area contributed by atoms with Gasteiger partial charge in [0.25, 0.3) is 0 Å². The zero-order chi connectivity index (χ0) is 24.2. The molecule has 2 heterocycles. The molecule has 0 spiro atoms. The molecule has 2 aromatic carbocycles. The first-order valence-electron chi connectivity index (χ1n) is 12.0. The predicted molar refractivity (Wildman–Crippen MR) is 137 cm³/mol. The summed E-state index contributed by atoms with van der Waals surface area (Å²) >= 11 is 0. The molecule has 2 amide bonds. The normalized spacial score (nSPS) is 17.1. The molecule has 0 bridgehead atoms. The topological polar surface area (TPSA) is 107 Å². The van der Waals surface area contributed by atoms with E-state index in [9.17, 15) is 4.79 Å². The number of aromatic nitrogens is 3. The number of nitrogens with two attached hydrogens (primary N) is 1. The number of hydrogen-bond donors (Lipinski definition) is 3. The van der Waals surface area contributed by atoms with Crippen LogP contribution in [-0.4, -0.2) is 33.7 Å². The van der Waals surface area contributed by atoms with Crippen LogP contribution in [0, 0.1) is 5.92 Å². The van der Waals surface area contributed by atoms with E-state index in [0.717, 1.165) is 46.3 Å². The Morgan fingerprint density at radius 3 is 2.74 bits per heavy atom. The molecule has 4 aromatic rings. The summed E-state index contributed by atoms with van der Waals surface area (Å²) in [7, 11) is 0. The summed E-state index contributed by atoms with van der Waals surface area (Å²) < 4.78 is 8.26. The van der Waals surface area contributed by atoms with E-state index in [1.807, 2.05) is 55.5 Å². The molecule has 35 heavy (non-hydrogen) atoms. The summed E-state index contributed by atoms with van der Waals surface area (Å²) in [5.74, 6) is 1.70. The molecular weight excluding hydrogens is 440 g/mol. The molecule has 0 atom stereocenters. The Morgan fingerprint density at radius 2 is 1.94 bits per heavy atom. The van der Waals surface area contributed by atoms with Crippen molar-refractivity contribution in [1.29, 1.82) is 0 Å². The van der Waals surface area contributed by atoms with Gasteiger partial charge in [-0.05, 0) is 48.9 Å². The van der Waals surface area contributed by atoms with Crippen LogP contribution < -0.4 is 21.1 Å². The predicted octanol–water partition coefficient (Wildman–Crippen LogP) is 4.53. The minimum atomic E-state index is -0.112. The number of anilines is 1. The van der Waals surface area contributed by atoms with Crippen molar-refractivity contribution in [3.05, 3.63) is 72.7 Å². The van der Waals surface area contributed by atoms with E-state index in [-0.39, 0.29) is 6.03 Å². The highest BCUT2D eigenvalue weighted by molar-refractivity contribution is 6.00. The number of hydrogen-bond acceptors (Lipinski definition) is 5. The van der Waals surface area contributed by atoms with Crippen LogP contribution in [0.3, 0.4) is 0 Å². The number of urea groups is 1. The molecular formula is C27H30N6O2. The molecule has 1 aliphatic carbocycles. The third-order valence-electron chi connectivity index (χ3n) is 6.52. The number of rotatable bonds is 8. The summed E-state index contributed by atoms with van der Waals surface area (Å²) in [6.07, 6.45) is 5.59. The maximum Gasteiger partial charge on any atom is 0.314 e. The van der Waals surface area contributed by atoms with Crippen molar-refractivity contribution < 1.29 is 9.53 Å². The quantitative estimate of drug-likeness (QED) is 0.351. The third kappa shape index (κ3) is 4.91. The van der Waals surface area contributed by atoms with Crippen LogP contribution in [0.25, 0.3) is 22.2 Å². The van der Waals surface area contributed by atoms with Crippen LogP contribution in [0.5, 0.6) is 5.75 Å². The number of fused-ring (bicyclic) bond motifs is 1. The maximum absolute atomic E-state index is 11.7. The van der Waals surface area contributed by atoms with E-state index in [0.29, 0.717) is 37.5 Å². The number of carbonyl (C=O) groups is 1. The molecule has 5 rings (SSSR count). The third-order valence-corrected chi connectivity index (χ3v) is 6.52. The van der Waals surface area contributed by atoms with E-state index in [1.54, 1.807) is 0 Å². The highest BCUT2D eigenvalue weighted by Gasteiger charge is 2.32. The highest BCUT2D eigenvalue weighted by atomic mass is 16.5. The van der Waals surface area contributed by atoms with Crippen LogP contribution in [0.4, 0.5) is 10.6 Å². The van der Waals surface area contributed by atoms with Crippen molar-refractivity contribution in [2.75, 3.05) is 18.8 Å². The van der Waals surface area contributed by atoms with Gasteiger partial charge in [-0.25, -0.2) is 14.8 Å². The lowest BCUT2D eigenvalue weighted by molar-refractivity contribution is 0.193. The summed E-state index contributed by atoms with van der Waals surface area (Å²) in [6, 6.07) is 18.3.